The van der Waals surface area contributed by atoms with Gasteiger partial charge in [0.05, 0.1) is 6.54 Å². The number of nitrogens with zero attached hydrogens (tertiary/aromatic N) is 1. The van der Waals surface area contributed by atoms with Gasteiger partial charge in [-0.15, -0.1) is 0 Å². The highest BCUT2D eigenvalue weighted by atomic mass is 16.2. The Morgan fingerprint density at radius 1 is 1.35 bits per heavy atom. The molecular weight excluding hydrogens is 224 g/mol. The lowest BCUT2D eigenvalue weighted by Crippen LogP contribution is -2.47. The Balaban J connectivity index is 4.09. The number of rotatable bonds is 6. The summed E-state index contributed by atoms with van der Waals surface area (Å²) in [6.45, 7) is 1.73. The van der Waals surface area contributed by atoms with Gasteiger partial charge in [0.2, 0.25) is 17.7 Å². The first-order chi connectivity index (χ1) is 7.92. The van der Waals surface area contributed by atoms with Crippen molar-refractivity contribution in [2.45, 2.75) is 19.4 Å². The van der Waals surface area contributed by atoms with Gasteiger partial charge in [0.25, 0.3) is 0 Å². The average Bonchev–Trinajstić information content (AvgIpc) is 2.27. The van der Waals surface area contributed by atoms with Crippen LogP contribution in [0.2, 0.25) is 0 Å². The summed E-state index contributed by atoms with van der Waals surface area (Å²) in [5.74, 6) is -0.862. The van der Waals surface area contributed by atoms with Crippen molar-refractivity contribution >= 4 is 17.7 Å². The summed E-state index contributed by atoms with van der Waals surface area (Å²) in [5, 5.41) is 4.90. The second-order valence-electron chi connectivity index (χ2n) is 3.69. The number of amides is 3. The van der Waals surface area contributed by atoms with Crippen LogP contribution in [0.4, 0.5) is 0 Å². The first-order valence-electron chi connectivity index (χ1n) is 5.37. The zero-order chi connectivity index (χ0) is 13.4. The molecule has 0 saturated carbocycles. The van der Waals surface area contributed by atoms with E-state index in [9.17, 15) is 14.4 Å². The Bertz CT molecular complexity index is 293. The number of carbonyl (C=O) groups excluding carboxylic acids is 3. The van der Waals surface area contributed by atoms with Crippen LogP contribution in [0, 0.1) is 0 Å². The van der Waals surface area contributed by atoms with E-state index in [1.165, 1.54) is 19.0 Å². The molecule has 0 aliphatic rings. The van der Waals surface area contributed by atoms with E-state index in [4.69, 9.17) is 5.73 Å². The van der Waals surface area contributed by atoms with Crippen molar-refractivity contribution in [1.29, 1.82) is 0 Å². The molecule has 0 heterocycles. The summed E-state index contributed by atoms with van der Waals surface area (Å²) in [4.78, 5) is 35.2. The maximum atomic E-state index is 11.5. The van der Waals surface area contributed by atoms with Gasteiger partial charge in [-0.1, -0.05) is 0 Å². The van der Waals surface area contributed by atoms with E-state index in [-0.39, 0.29) is 37.2 Å². The fourth-order valence-corrected chi connectivity index (χ4v) is 1.19. The molecule has 0 aromatic carbocycles. The largest absolute Gasteiger partial charge is 0.357 e. The van der Waals surface area contributed by atoms with Gasteiger partial charge in [-0.3, -0.25) is 14.4 Å². The highest BCUT2D eigenvalue weighted by Gasteiger charge is 2.16. The van der Waals surface area contributed by atoms with Crippen LogP contribution >= 0.6 is 0 Å². The second-order valence-corrected chi connectivity index (χ2v) is 3.69. The van der Waals surface area contributed by atoms with Crippen molar-refractivity contribution in [2.24, 2.45) is 5.73 Å². The summed E-state index contributed by atoms with van der Waals surface area (Å²) in [6, 6.07) is -0.620. The predicted octanol–water partition coefficient (Wildman–Crippen LogP) is -1.96. The minimum Gasteiger partial charge on any atom is -0.357 e. The lowest BCUT2D eigenvalue weighted by molar-refractivity contribution is -0.135. The molecular formula is C10H20N4O3. The minimum absolute atomic E-state index is 0.0832. The van der Waals surface area contributed by atoms with Gasteiger partial charge in [-0.05, 0) is 6.92 Å². The molecule has 0 bridgehead atoms. The molecule has 0 fully saturated rings. The SMILES string of the molecule is CNC(=O)C(C)NC(=O)CN(C)C(=O)CCN. The monoisotopic (exact) mass is 244 g/mol. The Kier molecular flexibility index (Phi) is 6.88. The van der Waals surface area contributed by atoms with Gasteiger partial charge in [0.15, 0.2) is 0 Å². The van der Waals surface area contributed by atoms with Crippen LogP contribution in [-0.4, -0.2) is 55.8 Å². The molecule has 0 saturated heterocycles. The number of hydrogen-bond acceptors (Lipinski definition) is 4. The maximum absolute atomic E-state index is 11.5. The van der Waals surface area contributed by atoms with Crippen LogP contribution in [0.25, 0.3) is 0 Å². The van der Waals surface area contributed by atoms with Crippen LogP contribution in [-0.2, 0) is 14.4 Å². The number of likely N-dealkylation sites (N-methyl/N-ethyl adjacent to an activating group) is 2. The van der Waals surface area contributed by atoms with Gasteiger partial charge >= 0.3 is 0 Å². The smallest absolute Gasteiger partial charge is 0.242 e. The van der Waals surface area contributed by atoms with Crippen LogP contribution in [0.5, 0.6) is 0 Å². The van der Waals surface area contributed by atoms with Gasteiger partial charge < -0.3 is 21.3 Å². The molecule has 4 N–H and O–H groups in total. The molecule has 98 valence electrons. The first-order valence-corrected chi connectivity index (χ1v) is 5.37. The molecule has 3 amide bonds. The topological polar surface area (TPSA) is 105 Å². The molecule has 7 nitrogen and oxygen atoms in total. The maximum Gasteiger partial charge on any atom is 0.242 e. The van der Waals surface area contributed by atoms with E-state index in [0.29, 0.717) is 0 Å². The lowest BCUT2D eigenvalue weighted by atomic mass is 10.3. The summed E-state index contributed by atoms with van der Waals surface area (Å²) < 4.78 is 0. The molecule has 0 aromatic heterocycles. The second kappa shape index (κ2) is 7.61. The molecule has 0 aliphatic carbocycles. The Morgan fingerprint density at radius 3 is 2.41 bits per heavy atom. The zero-order valence-corrected chi connectivity index (χ0v) is 10.4. The summed E-state index contributed by atoms with van der Waals surface area (Å²) in [7, 11) is 3.00. The molecule has 1 unspecified atom stereocenters. The Labute approximate surface area is 101 Å². The summed E-state index contributed by atoms with van der Waals surface area (Å²) in [5.41, 5.74) is 5.24. The molecule has 17 heavy (non-hydrogen) atoms. The van der Waals surface area contributed by atoms with Gasteiger partial charge in [0.1, 0.15) is 6.04 Å². The fourth-order valence-electron chi connectivity index (χ4n) is 1.19. The van der Waals surface area contributed by atoms with Crippen molar-refractivity contribution in [3.8, 4) is 0 Å². The molecule has 0 radical (unpaired) electrons. The Hall–Kier alpha value is -1.63. The van der Waals surface area contributed by atoms with Crippen molar-refractivity contribution < 1.29 is 14.4 Å². The highest BCUT2D eigenvalue weighted by molar-refractivity contribution is 5.89. The molecule has 1 atom stereocenters. The number of nitrogens with one attached hydrogen (secondary N) is 2. The molecule has 7 heteroatoms. The Morgan fingerprint density at radius 2 is 1.94 bits per heavy atom. The molecule has 0 rings (SSSR count). The normalized spacial score (nSPS) is 11.5. The van der Waals surface area contributed by atoms with Crippen LogP contribution in [0.3, 0.4) is 0 Å². The van der Waals surface area contributed by atoms with Gasteiger partial charge in [0, 0.05) is 27.1 Å². The number of carbonyl (C=O) groups is 3. The zero-order valence-electron chi connectivity index (χ0n) is 10.4. The van der Waals surface area contributed by atoms with Crippen LogP contribution in [0.1, 0.15) is 13.3 Å². The van der Waals surface area contributed by atoms with Crippen molar-refractivity contribution in [3.05, 3.63) is 0 Å². The quantitative estimate of drug-likeness (QED) is 0.505. The summed E-state index contributed by atoms with van der Waals surface area (Å²) >= 11 is 0. The predicted molar refractivity (Wildman–Crippen MR) is 63.0 cm³/mol. The fraction of sp³-hybridized carbons (Fsp3) is 0.700. The van der Waals surface area contributed by atoms with E-state index in [1.54, 1.807) is 6.92 Å². The number of nitrogens with two attached hydrogens (primary N) is 1. The third-order valence-corrected chi connectivity index (χ3v) is 2.18. The third kappa shape index (κ3) is 5.86. The van der Waals surface area contributed by atoms with Crippen molar-refractivity contribution in [3.63, 3.8) is 0 Å². The molecule has 0 spiro atoms. The van der Waals surface area contributed by atoms with E-state index >= 15 is 0 Å². The standard InChI is InChI=1S/C10H20N4O3/c1-7(10(17)12-2)13-8(15)6-14(3)9(16)4-5-11/h7H,4-6,11H2,1-3H3,(H,12,17)(H,13,15). The van der Waals surface area contributed by atoms with E-state index in [1.807, 2.05) is 0 Å². The summed E-state index contributed by atoms with van der Waals surface area (Å²) in [6.07, 6.45) is 0.203. The van der Waals surface area contributed by atoms with Crippen LogP contribution in [0.15, 0.2) is 0 Å². The highest BCUT2D eigenvalue weighted by Crippen LogP contribution is 1.90. The van der Waals surface area contributed by atoms with Crippen molar-refractivity contribution in [1.82, 2.24) is 15.5 Å². The van der Waals surface area contributed by atoms with E-state index in [0.717, 1.165) is 0 Å². The van der Waals surface area contributed by atoms with E-state index in [2.05, 4.69) is 10.6 Å². The minimum atomic E-state index is -0.620. The lowest BCUT2D eigenvalue weighted by Gasteiger charge is -2.18. The van der Waals surface area contributed by atoms with E-state index < -0.39 is 6.04 Å². The average molecular weight is 244 g/mol. The molecule has 0 aromatic rings. The number of hydrogen-bond donors (Lipinski definition) is 3. The van der Waals surface area contributed by atoms with Crippen LogP contribution < -0.4 is 16.4 Å². The van der Waals surface area contributed by atoms with Crippen molar-refractivity contribution in [2.75, 3.05) is 27.2 Å². The molecule has 0 aliphatic heterocycles. The van der Waals surface area contributed by atoms with Gasteiger partial charge in [-0.2, -0.15) is 0 Å². The first kappa shape index (κ1) is 15.4. The van der Waals surface area contributed by atoms with Gasteiger partial charge in [-0.25, -0.2) is 0 Å². The third-order valence-electron chi connectivity index (χ3n) is 2.18.